The SMILES string of the molecule is FC(F)(F)COCCNCc1cc(Cl)ccc1Br. The third-order valence-corrected chi connectivity index (χ3v) is 3.02. The molecule has 102 valence electrons. The van der Waals surface area contributed by atoms with E-state index in [-0.39, 0.29) is 6.61 Å². The van der Waals surface area contributed by atoms with Crippen molar-refractivity contribution in [2.75, 3.05) is 19.8 Å². The number of alkyl halides is 3. The van der Waals surface area contributed by atoms with Gasteiger partial charge in [-0.2, -0.15) is 13.2 Å². The van der Waals surface area contributed by atoms with E-state index >= 15 is 0 Å². The van der Waals surface area contributed by atoms with Gasteiger partial charge in [-0.05, 0) is 23.8 Å². The number of rotatable bonds is 6. The lowest BCUT2D eigenvalue weighted by Crippen LogP contribution is -2.23. The Balaban J connectivity index is 2.20. The topological polar surface area (TPSA) is 21.3 Å². The summed E-state index contributed by atoms with van der Waals surface area (Å²) in [5.41, 5.74) is 0.943. The summed E-state index contributed by atoms with van der Waals surface area (Å²) in [5.74, 6) is 0. The molecule has 0 aliphatic heterocycles. The van der Waals surface area contributed by atoms with Crippen LogP contribution in [0.4, 0.5) is 13.2 Å². The minimum Gasteiger partial charge on any atom is -0.371 e. The van der Waals surface area contributed by atoms with Gasteiger partial charge in [-0.15, -0.1) is 0 Å². The third-order valence-electron chi connectivity index (χ3n) is 2.01. The fourth-order valence-corrected chi connectivity index (χ4v) is 1.82. The summed E-state index contributed by atoms with van der Waals surface area (Å²) in [6.07, 6.45) is -4.27. The Labute approximate surface area is 117 Å². The minimum absolute atomic E-state index is 0.0116. The molecule has 0 saturated heterocycles. The van der Waals surface area contributed by atoms with Crippen LogP contribution in [0, 0.1) is 0 Å². The number of benzene rings is 1. The predicted molar refractivity (Wildman–Crippen MR) is 67.7 cm³/mol. The molecule has 0 spiro atoms. The highest BCUT2D eigenvalue weighted by molar-refractivity contribution is 9.10. The summed E-state index contributed by atoms with van der Waals surface area (Å²) < 4.78 is 40.6. The van der Waals surface area contributed by atoms with Gasteiger partial charge in [0.2, 0.25) is 0 Å². The van der Waals surface area contributed by atoms with Crippen LogP contribution in [0.2, 0.25) is 5.02 Å². The average Bonchev–Trinajstić information content (AvgIpc) is 2.26. The lowest BCUT2D eigenvalue weighted by Gasteiger charge is -2.09. The third kappa shape index (κ3) is 6.58. The van der Waals surface area contributed by atoms with Crippen LogP contribution in [-0.4, -0.2) is 25.9 Å². The Morgan fingerprint density at radius 1 is 1.33 bits per heavy atom. The normalized spacial score (nSPS) is 11.8. The molecule has 1 aromatic rings. The molecule has 2 nitrogen and oxygen atoms in total. The predicted octanol–water partition coefficient (Wildman–Crippen LogP) is 3.77. The molecule has 0 radical (unpaired) electrons. The van der Waals surface area contributed by atoms with Crippen LogP contribution in [0.1, 0.15) is 5.56 Å². The number of ether oxygens (including phenoxy) is 1. The number of hydrogen-bond donors (Lipinski definition) is 1. The molecule has 1 rings (SSSR count). The first-order valence-corrected chi connectivity index (χ1v) is 6.35. The fraction of sp³-hybridized carbons (Fsp3) is 0.455. The van der Waals surface area contributed by atoms with Gasteiger partial charge in [0.15, 0.2) is 0 Å². The maximum Gasteiger partial charge on any atom is 0.411 e. The van der Waals surface area contributed by atoms with Gasteiger partial charge >= 0.3 is 6.18 Å². The van der Waals surface area contributed by atoms with Crippen molar-refractivity contribution in [3.8, 4) is 0 Å². The van der Waals surface area contributed by atoms with Crippen molar-refractivity contribution < 1.29 is 17.9 Å². The molecule has 0 aliphatic rings. The molecule has 18 heavy (non-hydrogen) atoms. The Morgan fingerprint density at radius 2 is 2.06 bits per heavy atom. The second-order valence-electron chi connectivity index (χ2n) is 3.58. The Bertz CT molecular complexity index is 387. The van der Waals surface area contributed by atoms with Crippen LogP contribution in [-0.2, 0) is 11.3 Å². The van der Waals surface area contributed by atoms with Gasteiger partial charge in [0.05, 0.1) is 6.61 Å². The van der Waals surface area contributed by atoms with Crippen molar-refractivity contribution in [3.05, 3.63) is 33.3 Å². The van der Waals surface area contributed by atoms with Gasteiger partial charge in [0.25, 0.3) is 0 Å². The highest BCUT2D eigenvalue weighted by atomic mass is 79.9. The Kier molecular flexibility index (Phi) is 6.42. The molecule has 0 unspecified atom stereocenters. The quantitative estimate of drug-likeness (QED) is 0.792. The number of halogens is 5. The van der Waals surface area contributed by atoms with Gasteiger partial charge in [-0.25, -0.2) is 0 Å². The molecule has 0 saturated carbocycles. The van der Waals surface area contributed by atoms with Crippen LogP contribution in [0.25, 0.3) is 0 Å². The highest BCUT2D eigenvalue weighted by Crippen LogP contribution is 2.20. The molecule has 0 fully saturated rings. The van der Waals surface area contributed by atoms with E-state index in [1.165, 1.54) is 0 Å². The lowest BCUT2D eigenvalue weighted by atomic mass is 10.2. The van der Waals surface area contributed by atoms with Crippen LogP contribution in [0.3, 0.4) is 0 Å². The largest absolute Gasteiger partial charge is 0.411 e. The molecule has 0 heterocycles. The van der Waals surface area contributed by atoms with Crippen molar-refractivity contribution in [1.29, 1.82) is 0 Å². The van der Waals surface area contributed by atoms with Crippen LogP contribution in [0.5, 0.6) is 0 Å². The van der Waals surface area contributed by atoms with Crippen molar-refractivity contribution in [2.24, 2.45) is 0 Å². The minimum atomic E-state index is -4.27. The van der Waals surface area contributed by atoms with Crippen LogP contribution in [0.15, 0.2) is 22.7 Å². The zero-order chi connectivity index (χ0) is 13.6. The molecule has 0 aliphatic carbocycles. The molecule has 1 N–H and O–H groups in total. The molecule has 0 atom stereocenters. The standard InChI is InChI=1S/C11H12BrClF3NO/c12-10-2-1-9(13)5-8(10)6-17-3-4-18-7-11(14,15)16/h1-2,5,17H,3-4,6-7H2. The van der Waals surface area contributed by atoms with Gasteiger partial charge in [-0.1, -0.05) is 27.5 Å². The van der Waals surface area contributed by atoms with E-state index in [0.717, 1.165) is 10.0 Å². The maximum absolute atomic E-state index is 11.8. The zero-order valence-corrected chi connectivity index (χ0v) is 11.7. The van der Waals surface area contributed by atoms with E-state index in [0.29, 0.717) is 18.1 Å². The summed E-state index contributed by atoms with van der Waals surface area (Å²) in [6.45, 7) is -0.348. The molecule has 0 amide bonds. The molecular formula is C11H12BrClF3NO. The van der Waals surface area contributed by atoms with E-state index in [9.17, 15) is 13.2 Å². The second-order valence-corrected chi connectivity index (χ2v) is 4.87. The van der Waals surface area contributed by atoms with E-state index < -0.39 is 12.8 Å². The highest BCUT2D eigenvalue weighted by Gasteiger charge is 2.27. The van der Waals surface area contributed by atoms with Gasteiger partial charge in [0.1, 0.15) is 6.61 Å². The van der Waals surface area contributed by atoms with E-state index in [1.54, 1.807) is 12.1 Å². The summed E-state index contributed by atoms with van der Waals surface area (Å²) in [5, 5.41) is 3.59. The first-order valence-electron chi connectivity index (χ1n) is 5.17. The maximum atomic E-state index is 11.8. The van der Waals surface area contributed by atoms with Crippen molar-refractivity contribution in [3.63, 3.8) is 0 Å². The van der Waals surface area contributed by atoms with Gasteiger partial charge in [0, 0.05) is 22.6 Å². The Morgan fingerprint density at radius 3 is 2.72 bits per heavy atom. The number of nitrogens with one attached hydrogen (secondary N) is 1. The summed E-state index contributed by atoms with van der Waals surface area (Å²) in [7, 11) is 0. The molecule has 0 bridgehead atoms. The molecule has 1 aromatic carbocycles. The first-order chi connectivity index (χ1) is 8.38. The van der Waals surface area contributed by atoms with E-state index in [1.807, 2.05) is 6.07 Å². The summed E-state index contributed by atoms with van der Waals surface area (Å²) >= 11 is 9.19. The van der Waals surface area contributed by atoms with Crippen molar-refractivity contribution in [1.82, 2.24) is 5.32 Å². The van der Waals surface area contributed by atoms with Crippen LogP contribution >= 0.6 is 27.5 Å². The van der Waals surface area contributed by atoms with Crippen LogP contribution < -0.4 is 5.32 Å². The monoisotopic (exact) mass is 345 g/mol. The second kappa shape index (κ2) is 7.33. The van der Waals surface area contributed by atoms with E-state index in [2.05, 4.69) is 26.0 Å². The molecule has 0 aromatic heterocycles. The number of hydrogen-bond acceptors (Lipinski definition) is 2. The zero-order valence-electron chi connectivity index (χ0n) is 9.36. The fourth-order valence-electron chi connectivity index (χ4n) is 1.23. The van der Waals surface area contributed by atoms with Gasteiger partial charge < -0.3 is 10.1 Å². The lowest BCUT2D eigenvalue weighted by molar-refractivity contribution is -0.173. The smallest absolute Gasteiger partial charge is 0.371 e. The molecular weight excluding hydrogens is 334 g/mol. The van der Waals surface area contributed by atoms with E-state index in [4.69, 9.17) is 11.6 Å². The summed E-state index contributed by atoms with van der Waals surface area (Å²) in [4.78, 5) is 0. The summed E-state index contributed by atoms with van der Waals surface area (Å²) in [6, 6.07) is 5.36. The van der Waals surface area contributed by atoms with Gasteiger partial charge in [-0.3, -0.25) is 0 Å². The Hall–Kier alpha value is -0.300. The van der Waals surface area contributed by atoms with Crippen molar-refractivity contribution in [2.45, 2.75) is 12.7 Å². The first kappa shape index (κ1) is 15.8. The average molecular weight is 347 g/mol. The molecule has 7 heteroatoms. The van der Waals surface area contributed by atoms with Crippen molar-refractivity contribution >= 4 is 27.5 Å².